The Morgan fingerprint density at radius 3 is 2.67 bits per heavy atom. The van der Waals surface area contributed by atoms with Crippen LogP contribution in [0.2, 0.25) is 5.02 Å². The summed E-state index contributed by atoms with van der Waals surface area (Å²) in [6.07, 6.45) is 5.37. The summed E-state index contributed by atoms with van der Waals surface area (Å²) in [5.41, 5.74) is 1.89. The van der Waals surface area contributed by atoms with Gasteiger partial charge < -0.3 is 20.1 Å². The first kappa shape index (κ1) is 23.9. The highest BCUT2D eigenvalue weighted by Gasteiger charge is 2.41. The Morgan fingerprint density at radius 1 is 1.08 bits per heavy atom. The SMILES string of the molecule is O=C(CCN1C(=S)N[C@@H](c2ccccn2)[C@@H]1c1cccn1-c1ccc(Cl)cn1)Nc1ccccc1F. The number of hydrogen-bond acceptors (Lipinski definition) is 4. The lowest BCUT2D eigenvalue weighted by atomic mass is 10.0. The molecule has 0 bridgehead atoms. The van der Waals surface area contributed by atoms with Gasteiger partial charge in [-0.1, -0.05) is 29.8 Å². The van der Waals surface area contributed by atoms with Crippen LogP contribution in [0, 0.1) is 5.82 Å². The molecular formula is C26H22ClFN6OS. The maximum atomic E-state index is 14.0. The van der Waals surface area contributed by atoms with E-state index in [2.05, 4.69) is 20.6 Å². The maximum Gasteiger partial charge on any atom is 0.226 e. The van der Waals surface area contributed by atoms with Gasteiger partial charge in [-0.3, -0.25) is 9.78 Å². The van der Waals surface area contributed by atoms with E-state index < -0.39 is 5.82 Å². The topological polar surface area (TPSA) is 75.1 Å². The minimum atomic E-state index is -0.481. The van der Waals surface area contributed by atoms with Gasteiger partial charge in [0.1, 0.15) is 11.6 Å². The highest BCUT2D eigenvalue weighted by Crippen LogP contribution is 2.39. The van der Waals surface area contributed by atoms with Crippen molar-refractivity contribution in [2.24, 2.45) is 0 Å². The second kappa shape index (κ2) is 10.4. The van der Waals surface area contributed by atoms with Crippen LogP contribution in [0.25, 0.3) is 5.82 Å². The Bertz CT molecular complexity index is 1380. The lowest BCUT2D eigenvalue weighted by Gasteiger charge is -2.28. The van der Waals surface area contributed by atoms with Crippen molar-refractivity contribution in [3.8, 4) is 5.82 Å². The molecule has 1 aromatic carbocycles. The zero-order valence-corrected chi connectivity index (χ0v) is 20.6. The molecule has 0 saturated carbocycles. The highest BCUT2D eigenvalue weighted by molar-refractivity contribution is 7.80. The number of aromatic nitrogens is 3. The number of halogens is 2. The number of carbonyl (C=O) groups excluding carboxylic acids is 1. The summed E-state index contributed by atoms with van der Waals surface area (Å²) in [5.74, 6) is -0.0856. The van der Waals surface area contributed by atoms with E-state index in [-0.39, 0.29) is 30.1 Å². The Kier molecular flexibility index (Phi) is 6.92. The molecule has 0 radical (unpaired) electrons. The summed E-state index contributed by atoms with van der Waals surface area (Å²) in [6, 6.07) is 18.8. The van der Waals surface area contributed by atoms with E-state index in [1.54, 1.807) is 30.6 Å². The molecule has 4 aromatic rings. The van der Waals surface area contributed by atoms with Crippen molar-refractivity contribution in [3.63, 3.8) is 0 Å². The number of para-hydroxylation sites is 1. The number of thiocarbonyl (C=S) groups is 1. The molecule has 3 aromatic heterocycles. The predicted octanol–water partition coefficient (Wildman–Crippen LogP) is 5.06. The van der Waals surface area contributed by atoms with Crippen LogP contribution in [-0.4, -0.2) is 37.0 Å². The van der Waals surface area contributed by atoms with E-state index in [0.29, 0.717) is 22.5 Å². The monoisotopic (exact) mass is 520 g/mol. The largest absolute Gasteiger partial charge is 0.352 e. The quantitative estimate of drug-likeness (QED) is 0.332. The predicted molar refractivity (Wildman–Crippen MR) is 140 cm³/mol. The van der Waals surface area contributed by atoms with Crippen LogP contribution in [-0.2, 0) is 4.79 Å². The molecule has 7 nitrogen and oxygen atoms in total. The van der Waals surface area contributed by atoms with Crippen molar-refractivity contribution in [1.29, 1.82) is 0 Å². The molecule has 36 heavy (non-hydrogen) atoms. The van der Waals surface area contributed by atoms with Gasteiger partial charge in [-0.2, -0.15) is 0 Å². The average Bonchev–Trinajstić information content (AvgIpc) is 3.49. The van der Waals surface area contributed by atoms with Crippen molar-refractivity contribution in [3.05, 3.63) is 108 Å². The summed E-state index contributed by atoms with van der Waals surface area (Å²) in [4.78, 5) is 23.7. The molecule has 0 aliphatic carbocycles. The zero-order valence-electron chi connectivity index (χ0n) is 19.0. The number of hydrogen-bond donors (Lipinski definition) is 2. The van der Waals surface area contributed by atoms with Crippen LogP contribution in [0.4, 0.5) is 10.1 Å². The van der Waals surface area contributed by atoms with Gasteiger partial charge in [-0.15, -0.1) is 0 Å². The molecule has 0 spiro atoms. The number of amides is 1. The van der Waals surface area contributed by atoms with E-state index in [0.717, 1.165) is 11.4 Å². The summed E-state index contributed by atoms with van der Waals surface area (Å²) < 4.78 is 16.0. The van der Waals surface area contributed by atoms with Gasteiger partial charge in [-0.05, 0) is 60.7 Å². The Morgan fingerprint density at radius 2 is 1.92 bits per heavy atom. The van der Waals surface area contributed by atoms with Crippen LogP contribution in [0.5, 0.6) is 0 Å². The summed E-state index contributed by atoms with van der Waals surface area (Å²) in [7, 11) is 0. The number of carbonyl (C=O) groups is 1. The van der Waals surface area contributed by atoms with Gasteiger partial charge in [0.05, 0.1) is 28.5 Å². The fraction of sp³-hybridized carbons (Fsp3) is 0.154. The second-order valence-corrected chi connectivity index (χ2v) is 9.06. The van der Waals surface area contributed by atoms with Gasteiger partial charge in [0, 0.05) is 37.3 Å². The molecule has 0 unspecified atom stereocenters. The third-order valence-electron chi connectivity index (χ3n) is 5.97. The minimum absolute atomic E-state index is 0.113. The number of rotatable bonds is 7. The summed E-state index contributed by atoms with van der Waals surface area (Å²) in [6.45, 7) is 0.319. The molecule has 1 amide bonds. The second-order valence-electron chi connectivity index (χ2n) is 8.24. The summed E-state index contributed by atoms with van der Waals surface area (Å²) in [5, 5.41) is 7.07. The highest BCUT2D eigenvalue weighted by atomic mass is 35.5. The number of nitrogens with zero attached hydrogens (tertiary/aromatic N) is 4. The normalized spacial score (nSPS) is 17.2. The van der Waals surface area contributed by atoms with Gasteiger partial charge in [0.25, 0.3) is 0 Å². The van der Waals surface area contributed by atoms with Gasteiger partial charge >= 0.3 is 0 Å². The van der Waals surface area contributed by atoms with Crippen molar-refractivity contribution in [2.45, 2.75) is 18.5 Å². The van der Waals surface area contributed by atoms with Crippen LogP contribution in [0.15, 0.2) is 85.3 Å². The van der Waals surface area contributed by atoms with E-state index >= 15 is 0 Å². The lowest BCUT2D eigenvalue weighted by molar-refractivity contribution is -0.116. The molecular weight excluding hydrogens is 499 g/mol. The molecule has 2 N–H and O–H groups in total. The van der Waals surface area contributed by atoms with Crippen LogP contribution in [0.3, 0.4) is 0 Å². The molecule has 2 atom stereocenters. The first-order valence-corrected chi connectivity index (χ1v) is 12.1. The first-order chi connectivity index (χ1) is 17.5. The zero-order chi connectivity index (χ0) is 25.1. The third-order valence-corrected chi connectivity index (χ3v) is 6.54. The van der Waals surface area contributed by atoms with E-state index in [1.807, 2.05) is 52.1 Å². The molecule has 1 aliphatic rings. The van der Waals surface area contributed by atoms with Crippen LogP contribution < -0.4 is 10.6 Å². The first-order valence-electron chi connectivity index (χ1n) is 11.3. The van der Waals surface area contributed by atoms with E-state index in [4.69, 9.17) is 23.8 Å². The third kappa shape index (κ3) is 4.93. The van der Waals surface area contributed by atoms with Crippen molar-refractivity contribution in [1.82, 2.24) is 24.8 Å². The fourth-order valence-electron chi connectivity index (χ4n) is 4.32. The molecule has 10 heteroatoms. The standard InChI is InChI=1S/C26H22ClFN6OS/c27-17-10-11-22(30-16-17)33-14-5-9-21(33)25-24(20-8-3-4-13-29-20)32-26(36)34(25)15-12-23(35)31-19-7-2-1-6-18(19)28/h1-11,13-14,16,24-25H,12,15H2,(H,31,35)(H,32,36)/t24-,25-/m0/s1. The fourth-order valence-corrected chi connectivity index (χ4v) is 4.76. The van der Waals surface area contributed by atoms with Gasteiger partial charge in [0.2, 0.25) is 5.91 Å². The molecule has 1 fully saturated rings. The molecule has 5 rings (SSSR count). The number of pyridine rings is 2. The Hall–Kier alpha value is -3.82. The van der Waals surface area contributed by atoms with Crippen molar-refractivity contribution >= 4 is 40.5 Å². The lowest BCUT2D eigenvalue weighted by Crippen LogP contribution is -2.33. The Balaban J connectivity index is 1.44. The van der Waals surface area contributed by atoms with Crippen molar-refractivity contribution < 1.29 is 9.18 Å². The summed E-state index contributed by atoms with van der Waals surface area (Å²) >= 11 is 11.7. The molecule has 1 saturated heterocycles. The smallest absolute Gasteiger partial charge is 0.226 e. The average molecular weight is 521 g/mol. The van der Waals surface area contributed by atoms with Crippen LogP contribution >= 0.6 is 23.8 Å². The molecule has 182 valence electrons. The van der Waals surface area contributed by atoms with E-state index in [1.165, 1.54) is 12.1 Å². The number of nitrogens with one attached hydrogen (secondary N) is 2. The maximum absolute atomic E-state index is 14.0. The van der Waals surface area contributed by atoms with Crippen LogP contribution in [0.1, 0.15) is 29.9 Å². The number of anilines is 1. The van der Waals surface area contributed by atoms with Gasteiger partial charge in [0.15, 0.2) is 5.11 Å². The Labute approximate surface area is 217 Å². The minimum Gasteiger partial charge on any atom is -0.352 e. The van der Waals surface area contributed by atoms with E-state index in [9.17, 15) is 9.18 Å². The van der Waals surface area contributed by atoms with Crippen molar-refractivity contribution in [2.75, 3.05) is 11.9 Å². The van der Waals surface area contributed by atoms with Gasteiger partial charge in [-0.25, -0.2) is 9.37 Å². The molecule has 1 aliphatic heterocycles. The number of benzene rings is 1. The molecule has 4 heterocycles.